The first kappa shape index (κ1) is 20.6. The zero-order valence-electron chi connectivity index (χ0n) is 17.2. The highest BCUT2D eigenvalue weighted by molar-refractivity contribution is 5.90. The zero-order valence-corrected chi connectivity index (χ0v) is 17.2. The van der Waals surface area contributed by atoms with Gasteiger partial charge in [0.25, 0.3) is 0 Å². The van der Waals surface area contributed by atoms with E-state index in [1.54, 1.807) is 19.3 Å². The molecule has 1 fully saturated rings. The summed E-state index contributed by atoms with van der Waals surface area (Å²) in [5.74, 6) is 1.53. The van der Waals surface area contributed by atoms with E-state index in [1.807, 2.05) is 26.0 Å². The Balaban J connectivity index is 1.55. The molecule has 1 aliphatic carbocycles. The molecule has 0 unspecified atom stereocenters. The summed E-state index contributed by atoms with van der Waals surface area (Å²) in [7, 11) is 1.71. The summed E-state index contributed by atoms with van der Waals surface area (Å²) < 4.78 is 5.49. The lowest BCUT2D eigenvalue weighted by molar-refractivity contribution is -0.116. The minimum absolute atomic E-state index is 0.0509. The fourth-order valence-electron chi connectivity index (χ4n) is 3.33. The van der Waals surface area contributed by atoms with E-state index in [0.717, 1.165) is 30.6 Å². The Morgan fingerprint density at radius 1 is 1.28 bits per heavy atom. The van der Waals surface area contributed by atoms with Crippen LogP contribution in [-0.4, -0.2) is 46.4 Å². The van der Waals surface area contributed by atoms with Crippen LogP contribution in [0.1, 0.15) is 51.6 Å². The van der Waals surface area contributed by atoms with E-state index in [-0.39, 0.29) is 30.1 Å². The summed E-state index contributed by atoms with van der Waals surface area (Å²) in [5.41, 5.74) is 1.74. The van der Waals surface area contributed by atoms with E-state index < -0.39 is 0 Å². The molecule has 0 saturated heterocycles. The molecule has 0 aliphatic heterocycles. The lowest BCUT2D eigenvalue weighted by Crippen LogP contribution is -2.33. The standard InChI is InChI=1S/C20H28N6O3/c1-12(2)22-20(28)29-16-7-5-14(9-16)17-10-19(25-24-17)23-18-8-6-15(11-21-18)26(4)13(3)27/h6,8,10-12,14,16H,5,7,9H2,1-4H3,(H,22,28)(H2,21,23,24,25)/t14-,16+/m1/s1. The zero-order chi connectivity index (χ0) is 21.0. The number of H-pyrrole nitrogens is 1. The third-order valence-corrected chi connectivity index (χ3v) is 4.97. The maximum Gasteiger partial charge on any atom is 0.407 e. The van der Waals surface area contributed by atoms with Crippen LogP contribution in [0.2, 0.25) is 0 Å². The maximum absolute atomic E-state index is 11.8. The summed E-state index contributed by atoms with van der Waals surface area (Å²) in [6, 6.07) is 5.64. The first-order chi connectivity index (χ1) is 13.8. The van der Waals surface area contributed by atoms with Gasteiger partial charge in [-0.05, 0) is 45.2 Å². The average Bonchev–Trinajstić information content (AvgIpc) is 3.30. The molecule has 2 amide bonds. The number of rotatable bonds is 6. The minimum atomic E-state index is -0.359. The van der Waals surface area contributed by atoms with Crippen LogP contribution >= 0.6 is 0 Å². The van der Waals surface area contributed by atoms with Crippen LogP contribution < -0.4 is 15.5 Å². The number of aromatic nitrogens is 3. The average molecular weight is 400 g/mol. The van der Waals surface area contributed by atoms with Crippen LogP contribution in [0, 0.1) is 0 Å². The van der Waals surface area contributed by atoms with Gasteiger partial charge in [-0.25, -0.2) is 9.78 Å². The third kappa shape index (κ3) is 5.46. The van der Waals surface area contributed by atoms with Gasteiger partial charge in [0.15, 0.2) is 5.82 Å². The van der Waals surface area contributed by atoms with Crippen molar-refractivity contribution in [2.24, 2.45) is 0 Å². The third-order valence-electron chi connectivity index (χ3n) is 4.97. The van der Waals surface area contributed by atoms with Crippen molar-refractivity contribution in [3.63, 3.8) is 0 Å². The molecule has 1 aliphatic rings. The number of nitrogens with zero attached hydrogens (tertiary/aromatic N) is 3. The number of carbonyl (C=O) groups excluding carboxylic acids is 2. The molecular formula is C20H28N6O3. The number of ether oxygens (including phenoxy) is 1. The summed E-state index contributed by atoms with van der Waals surface area (Å²) in [6.07, 6.45) is 3.75. The number of hydrogen-bond donors (Lipinski definition) is 3. The van der Waals surface area contributed by atoms with Crippen molar-refractivity contribution in [1.29, 1.82) is 0 Å². The monoisotopic (exact) mass is 400 g/mol. The molecule has 3 rings (SSSR count). The SMILES string of the molecule is CC(=O)N(C)c1ccc(Nc2cc([C@@H]3CC[C@H](OC(=O)NC(C)C)C3)[nH]n2)nc1. The number of nitrogens with one attached hydrogen (secondary N) is 3. The van der Waals surface area contributed by atoms with Gasteiger partial charge in [-0.1, -0.05) is 0 Å². The van der Waals surface area contributed by atoms with Gasteiger partial charge in [0.1, 0.15) is 11.9 Å². The fourth-order valence-corrected chi connectivity index (χ4v) is 3.33. The summed E-state index contributed by atoms with van der Waals surface area (Å²) in [5, 5.41) is 13.3. The molecule has 0 radical (unpaired) electrons. The van der Waals surface area contributed by atoms with Crippen molar-refractivity contribution in [2.45, 2.75) is 58.1 Å². The Morgan fingerprint density at radius 3 is 2.72 bits per heavy atom. The number of alkyl carbamates (subject to hydrolysis) is 1. The highest BCUT2D eigenvalue weighted by Crippen LogP contribution is 2.36. The molecule has 3 N–H and O–H groups in total. The van der Waals surface area contributed by atoms with Gasteiger partial charge in [0.05, 0.1) is 11.9 Å². The lowest BCUT2D eigenvalue weighted by Gasteiger charge is -2.14. The highest BCUT2D eigenvalue weighted by Gasteiger charge is 2.30. The van der Waals surface area contributed by atoms with Gasteiger partial charge in [-0.3, -0.25) is 9.89 Å². The molecule has 0 aromatic carbocycles. The van der Waals surface area contributed by atoms with E-state index in [1.165, 1.54) is 11.8 Å². The number of carbonyl (C=O) groups is 2. The number of pyridine rings is 1. The Bertz CT molecular complexity index is 848. The predicted molar refractivity (Wildman–Crippen MR) is 110 cm³/mol. The van der Waals surface area contributed by atoms with Gasteiger partial charge in [-0.15, -0.1) is 0 Å². The molecule has 1 saturated carbocycles. The topological polar surface area (TPSA) is 112 Å². The quantitative estimate of drug-likeness (QED) is 0.686. The molecule has 29 heavy (non-hydrogen) atoms. The summed E-state index contributed by atoms with van der Waals surface area (Å²) in [6.45, 7) is 5.32. The van der Waals surface area contributed by atoms with Crippen LogP contribution in [0.3, 0.4) is 0 Å². The van der Waals surface area contributed by atoms with Crippen LogP contribution in [0.5, 0.6) is 0 Å². The van der Waals surface area contributed by atoms with Crippen LogP contribution in [0.4, 0.5) is 22.1 Å². The van der Waals surface area contributed by atoms with Gasteiger partial charge >= 0.3 is 6.09 Å². The van der Waals surface area contributed by atoms with Crippen molar-refractivity contribution in [3.8, 4) is 0 Å². The number of amides is 2. The van der Waals surface area contributed by atoms with Gasteiger partial charge in [-0.2, -0.15) is 5.10 Å². The van der Waals surface area contributed by atoms with Gasteiger partial charge in [0.2, 0.25) is 5.91 Å². The van der Waals surface area contributed by atoms with Gasteiger partial charge < -0.3 is 20.3 Å². The van der Waals surface area contributed by atoms with E-state index >= 15 is 0 Å². The van der Waals surface area contributed by atoms with Crippen molar-refractivity contribution in [1.82, 2.24) is 20.5 Å². The molecule has 156 valence electrons. The number of anilines is 3. The Kier molecular flexibility index (Phi) is 6.36. The van der Waals surface area contributed by atoms with Crippen molar-refractivity contribution >= 4 is 29.3 Å². The Hall–Kier alpha value is -3.10. The molecule has 9 heteroatoms. The normalized spacial score (nSPS) is 18.5. The molecular weight excluding hydrogens is 372 g/mol. The predicted octanol–water partition coefficient (Wildman–Crippen LogP) is 3.30. The molecule has 9 nitrogen and oxygen atoms in total. The van der Waals surface area contributed by atoms with Crippen LogP contribution in [0.15, 0.2) is 24.4 Å². The molecule has 0 spiro atoms. The molecule has 0 bridgehead atoms. The smallest absolute Gasteiger partial charge is 0.407 e. The molecule has 2 heterocycles. The van der Waals surface area contributed by atoms with E-state index in [9.17, 15) is 9.59 Å². The van der Waals surface area contributed by atoms with Crippen LogP contribution in [-0.2, 0) is 9.53 Å². The highest BCUT2D eigenvalue weighted by atomic mass is 16.6. The second-order valence-electron chi connectivity index (χ2n) is 7.65. The Labute approximate surface area is 170 Å². The molecule has 2 aromatic rings. The number of hydrogen-bond acceptors (Lipinski definition) is 6. The van der Waals surface area contributed by atoms with Crippen molar-refractivity contribution in [2.75, 3.05) is 17.3 Å². The number of aromatic amines is 1. The van der Waals surface area contributed by atoms with E-state index in [4.69, 9.17) is 4.74 Å². The van der Waals surface area contributed by atoms with E-state index in [0.29, 0.717) is 11.6 Å². The second kappa shape index (κ2) is 8.93. The first-order valence-electron chi connectivity index (χ1n) is 9.81. The fraction of sp³-hybridized carbons (Fsp3) is 0.500. The molecule has 2 aromatic heterocycles. The van der Waals surface area contributed by atoms with Crippen LogP contribution in [0.25, 0.3) is 0 Å². The van der Waals surface area contributed by atoms with Crippen molar-refractivity contribution in [3.05, 3.63) is 30.1 Å². The first-order valence-corrected chi connectivity index (χ1v) is 9.81. The maximum atomic E-state index is 11.8. The largest absolute Gasteiger partial charge is 0.446 e. The summed E-state index contributed by atoms with van der Waals surface area (Å²) in [4.78, 5) is 29.0. The minimum Gasteiger partial charge on any atom is -0.446 e. The van der Waals surface area contributed by atoms with E-state index in [2.05, 4.69) is 25.8 Å². The summed E-state index contributed by atoms with van der Waals surface area (Å²) >= 11 is 0. The second-order valence-corrected chi connectivity index (χ2v) is 7.65. The van der Waals surface area contributed by atoms with Crippen molar-refractivity contribution < 1.29 is 14.3 Å². The Morgan fingerprint density at radius 2 is 2.07 bits per heavy atom. The lowest BCUT2D eigenvalue weighted by atomic mass is 10.0. The molecule has 2 atom stereocenters. The van der Waals surface area contributed by atoms with Gasteiger partial charge in [0, 0.05) is 37.7 Å².